The molecule has 1 saturated heterocycles. The molecule has 2 atom stereocenters. The van der Waals surface area contributed by atoms with E-state index >= 15 is 0 Å². The molecule has 27 heavy (non-hydrogen) atoms. The van der Waals surface area contributed by atoms with E-state index in [-0.39, 0.29) is 6.09 Å². The van der Waals surface area contributed by atoms with Crippen molar-refractivity contribution in [2.75, 3.05) is 26.2 Å². The first kappa shape index (κ1) is 20.0. The van der Waals surface area contributed by atoms with Crippen LogP contribution in [0.1, 0.15) is 44.6 Å². The number of carbonyl (C=O) groups is 1. The van der Waals surface area contributed by atoms with E-state index in [4.69, 9.17) is 4.74 Å². The van der Waals surface area contributed by atoms with Gasteiger partial charge >= 0.3 is 6.09 Å². The maximum Gasteiger partial charge on any atom is 0.409 e. The summed E-state index contributed by atoms with van der Waals surface area (Å²) >= 11 is 3.49. The van der Waals surface area contributed by atoms with Gasteiger partial charge in [0.25, 0.3) is 0 Å². The summed E-state index contributed by atoms with van der Waals surface area (Å²) in [6, 6.07) is 9.34. The molecule has 148 valence electrons. The van der Waals surface area contributed by atoms with Gasteiger partial charge in [0, 0.05) is 42.1 Å². The van der Waals surface area contributed by atoms with Crippen molar-refractivity contribution < 1.29 is 9.53 Å². The van der Waals surface area contributed by atoms with Crippen molar-refractivity contribution in [3.8, 4) is 0 Å². The van der Waals surface area contributed by atoms with Crippen LogP contribution < -0.4 is 10.6 Å². The third-order valence-electron chi connectivity index (χ3n) is 5.09. The Balaban J connectivity index is 1.47. The molecule has 2 unspecified atom stereocenters. The van der Waals surface area contributed by atoms with Gasteiger partial charge in [-0.05, 0) is 50.8 Å². The summed E-state index contributed by atoms with van der Waals surface area (Å²) in [5, 5.41) is 7.13. The van der Waals surface area contributed by atoms with Crippen molar-refractivity contribution >= 4 is 28.0 Å². The molecule has 0 radical (unpaired) electrons. The second-order valence-corrected chi connectivity index (χ2v) is 7.99. The summed E-state index contributed by atoms with van der Waals surface area (Å²) in [7, 11) is 0. The molecule has 2 N–H and O–H groups in total. The Bertz CT molecular complexity index is 656. The Morgan fingerprint density at radius 3 is 2.56 bits per heavy atom. The molecule has 1 amide bonds. The molecule has 0 bridgehead atoms. The Labute approximate surface area is 169 Å². The number of carbonyl (C=O) groups excluding carboxylic acids is 1. The minimum atomic E-state index is -0.202. The van der Waals surface area contributed by atoms with Gasteiger partial charge in [0.2, 0.25) is 0 Å². The lowest BCUT2D eigenvalue weighted by Crippen LogP contribution is -2.50. The molecule has 1 aliphatic heterocycles. The number of benzene rings is 1. The molecule has 1 heterocycles. The minimum absolute atomic E-state index is 0.202. The smallest absolute Gasteiger partial charge is 0.409 e. The van der Waals surface area contributed by atoms with Crippen molar-refractivity contribution in [3.05, 3.63) is 34.3 Å². The molecule has 1 saturated carbocycles. The van der Waals surface area contributed by atoms with Gasteiger partial charge in [-0.2, -0.15) is 0 Å². The summed E-state index contributed by atoms with van der Waals surface area (Å²) in [5.41, 5.74) is 1.37. The molecule has 3 rings (SSSR count). The predicted octanol–water partition coefficient (Wildman–Crippen LogP) is 3.48. The van der Waals surface area contributed by atoms with Crippen LogP contribution in [0.3, 0.4) is 0 Å². The highest BCUT2D eigenvalue weighted by molar-refractivity contribution is 9.10. The number of piperidine rings is 1. The van der Waals surface area contributed by atoms with E-state index < -0.39 is 0 Å². The van der Waals surface area contributed by atoms with Gasteiger partial charge in [0.15, 0.2) is 5.96 Å². The number of guanidine groups is 1. The summed E-state index contributed by atoms with van der Waals surface area (Å²) in [6.07, 6.45) is 2.74. The first-order valence-corrected chi connectivity index (χ1v) is 10.6. The number of amides is 1. The first-order chi connectivity index (χ1) is 13.1. The molecule has 1 aromatic carbocycles. The van der Waals surface area contributed by atoms with E-state index in [0.717, 1.165) is 49.3 Å². The molecule has 2 fully saturated rings. The fourth-order valence-corrected chi connectivity index (χ4v) is 3.78. The SMILES string of the molecule is CCN=C(NC1CCN(C(=O)OCC)CC1)NC1CC1c1ccc(Br)cc1. The van der Waals surface area contributed by atoms with Crippen LogP contribution in [-0.4, -0.2) is 55.3 Å². The summed E-state index contributed by atoms with van der Waals surface area (Å²) in [4.78, 5) is 18.2. The van der Waals surface area contributed by atoms with Gasteiger partial charge in [0.05, 0.1) is 6.61 Å². The lowest BCUT2D eigenvalue weighted by molar-refractivity contribution is 0.0963. The number of likely N-dealkylation sites (tertiary alicyclic amines) is 1. The Kier molecular flexibility index (Phi) is 6.99. The van der Waals surface area contributed by atoms with Gasteiger partial charge in [-0.1, -0.05) is 28.1 Å². The number of rotatable bonds is 5. The molecule has 1 aromatic rings. The lowest BCUT2D eigenvalue weighted by atomic mass is 10.1. The van der Waals surface area contributed by atoms with Crippen LogP contribution >= 0.6 is 15.9 Å². The number of nitrogens with one attached hydrogen (secondary N) is 2. The zero-order valence-corrected chi connectivity index (χ0v) is 17.7. The number of hydrogen-bond donors (Lipinski definition) is 2. The van der Waals surface area contributed by atoms with Crippen LogP contribution in [0.15, 0.2) is 33.7 Å². The number of nitrogens with zero attached hydrogens (tertiary/aromatic N) is 2. The van der Waals surface area contributed by atoms with Crippen LogP contribution in [0.2, 0.25) is 0 Å². The average Bonchev–Trinajstić information content (AvgIpc) is 3.42. The van der Waals surface area contributed by atoms with E-state index in [1.807, 2.05) is 13.8 Å². The van der Waals surface area contributed by atoms with E-state index in [2.05, 4.69) is 55.8 Å². The molecular weight excluding hydrogens is 408 g/mol. The number of halogens is 1. The third kappa shape index (κ3) is 5.61. The molecule has 0 aromatic heterocycles. The topological polar surface area (TPSA) is 66.0 Å². The van der Waals surface area contributed by atoms with Gasteiger partial charge in [-0.3, -0.25) is 4.99 Å². The fraction of sp³-hybridized carbons (Fsp3) is 0.600. The van der Waals surface area contributed by atoms with E-state index in [9.17, 15) is 4.79 Å². The van der Waals surface area contributed by atoms with E-state index in [1.54, 1.807) is 4.90 Å². The number of ether oxygens (including phenoxy) is 1. The summed E-state index contributed by atoms with van der Waals surface area (Å²) in [5.74, 6) is 1.43. The highest BCUT2D eigenvalue weighted by atomic mass is 79.9. The minimum Gasteiger partial charge on any atom is -0.450 e. The Hall–Kier alpha value is -1.76. The quantitative estimate of drug-likeness (QED) is 0.547. The second-order valence-electron chi connectivity index (χ2n) is 7.07. The number of hydrogen-bond acceptors (Lipinski definition) is 3. The van der Waals surface area contributed by atoms with Gasteiger partial charge in [0.1, 0.15) is 0 Å². The zero-order valence-electron chi connectivity index (χ0n) is 16.1. The monoisotopic (exact) mass is 436 g/mol. The zero-order chi connectivity index (χ0) is 19.2. The van der Waals surface area contributed by atoms with Crippen molar-refractivity contribution in [1.29, 1.82) is 0 Å². The van der Waals surface area contributed by atoms with Gasteiger partial charge < -0.3 is 20.3 Å². The molecule has 0 spiro atoms. The average molecular weight is 437 g/mol. The highest BCUT2D eigenvalue weighted by Gasteiger charge is 2.39. The van der Waals surface area contributed by atoms with Crippen LogP contribution in [0.5, 0.6) is 0 Å². The molecular formula is C20H29BrN4O2. The fourth-order valence-electron chi connectivity index (χ4n) is 3.51. The maximum absolute atomic E-state index is 11.8. The van der Waals surface area contributed by atoms with Crippen LogP contribution in [0, 0.1) is 0 Å². The van der Waals surface area contributed by atoms with Gasteiger partial charge in [-0.15, -0.1) is 0 Å². The Morgan fingerprint density at radius 1 is 1.22 bits per heavy atom. The van der Waals surface area contributed by atoms with Crippen LogP contribution in [0.25, 0.3) is 0 Å². The standard InChI is InChI=1S/C20H29BrN4O2/c1-3-22-19(23-16-9-11-25(12-10-16)20(26)27-4-2)24-18-13-17(18)14-5-7-15(21)8-6-14/h5-8,16-18H,3-4,9-13H2,1-2H3,(H2,22,23,24). The number of aliphatic imine (C=N–C) groups is 1. The van der Waals surface area contributed by atoms with E-state index in [0.29, 0.717) is 24.6 Å². The van der Waals surface area contributed by atoms with Crippen LogP contribution in [-0.2, 0) is 4.74 Å². The normalized spacial score (nSPS) is 23.1. The van der Waals surface area contributed by atoms with Crippen molar-refractivity contribution in [2.24, 2.45) is 4.99 Å². The van der Waals surface area contributed by atoms with Gasteiger partial charge in [-0.25, -0.2) is 4.79 Å². The van der Waals surface area contributed by atoms with Crippen molar-refractivity contribution in [1.82, 2.24) is 15.5 Å². The largest absolute Gasteiger partial charge is 0.450 e. The first-order valence-electron chi connectivity index (χ1n) is 9.85. The molecule has 2 aliphatic rings. The maximum atomic E-state index is 11.8. The predicted molar refractivity (Wildman–Crippen MR) is 111 cm³/mol. The van der Waals surface area contributed by atoms with E-state index in [1.165, 1.54) is 5.56 Å². The third-order valence-corrected chi connectivity index (χ3v) is 5.62. The molecule has 6 nitrogen and oxygen atoms in total. The van der Waals surface area contributed by atoms with Crippen molar-refractivity contribution in [3.63, 3.8) is 0 Å². The Morgan fingerprint density at radius 2 is 1.93 bits per heavy atom. The highest BCUT2D eigenvalue weighted by Crippen LogP contribution is 2.41. The summed E-state index contributed by atoms with van der Waals surface area (Å²) < 4.78 is 6.20. The van der Waals surface area contributed by atoms with Crippen molar-refractivity contribution in [2.45, 2.75) is 51.1 Å². The summed E-state index contributed by atoms with van der Waals surface area (Å²) in [6.45, 7) is 6.50. The second kappa shape index (κ2) is 9.44. The molecule has 7 heteroatoms. The van der Waals surface area contributed by atoms with Crippen LogP contribution in [0.4, 0.5) is 4.79 Å². The lowest BCUT2D eigenvalue weighted by Gasteiger charge is -2.32. The molecule has 1 aliphatic carbocycles.